The molecule has 4 rings (SSSR count). The zero-order chi connectivity index (χ0) is 49.7. The maximum absolute atomic E-state index is 14.3. The van der Waals surface area contributed by atoms with Crippen LogP contribution in [0.25, 0.3) is 0 Å². The average Bonchev–Trinajstić information content (AvgIpc) is 3.27. The molecule has 1 unspecified atom stereocenters. The van der Waals surface area contributed by atoms with E-state index < -0.39 is 60.3 Å². The van der Waals surface area contributed by atoms with E-state index in [2.05, 4.69) is 13.0 Å². The zero-order valence-electron chi connectivity index (χ0n) is 38.5. The molecule has 0 amide bonds. The van der Waals surface area contributed by atoms with Crippen LogP contribution in [-0.2, 0) is 24.7 Å². The van der Waals surface area contributed by atoms with Gasteiger partial charge in [0, 0.05) is 6.42 Å². The van der Waals surface area contributed by atoms with Gasteiger partial charge in [0.1, 0.15) is 23.3 Å². The molecule has 4 aromatic carbocycles. The minimum atomic E-state index is -4.68. The fourth-order valence-electron chi connectivity index (χ4n) is 7.92. The van der Waals surface area contributed by atoms with Crippen LogP contribution in [0.1, 0.15) is 151 Å². The maximum atomic E-state index is 14.3. The lowest BCUT2D eigenvalue weighted by Gasteiger charge is -2.44. The zero-order valence-corrected chi connectivity index (χ0v) is 38.5. The maximum Gasteiger partial charge on any atom is 0.864 e. The Morgan fingerprint density at radius 3 is 1.16 bits per heavy atom. The second kappa shape index (κ2) is 26.9. The molecule has 372 valence electrons. The van der Waals surface area contributed by atoms with Crippen molar-refractivity contribution in [3.8, 4) is 17.2 Å². The van der Waals surface area contributed by atoms with Gasteiger partial charge in [0.2, 0.25) is 0 Å². The SMILES string of the molecule is CCCCCCCCCCCCCCCC(c1cc(C(F)(F)F)ccc1OB(Oc1ccc(C(F)(F)F)cc1)Oc1ccc(C(F)(F)F)cc1)[N+](CC)(CC)CC.FC(F)(F)c1cc[c-]cc1. The van der Waals surface area contributed by atoms with E-state index in [0.29, 0.717) is 30.5 Å². The van der Waals surface area contributed by atoms with Crippen molar-refractivity contribution in [1.82, 2.24) is 0 Å². The first kappa shape index (κ1) is 56.8. The topological polar surface area (TPSA) is 27.7 Å². The van der Waals surface area contributed by atoms with Gasteiger partial charge in [-0.3, -0.25) is 0 Å². The lowest BCUT2D eigenvalue weighted by molar-refractivity contribution is -0.953. The third-order valence-corrected chi connectivity index (χ3v) is 11.9. The summed E-state index contributed by atoms with van der Waals surface area (Å²) in [6.07, 6.45) is -2.69. The van der Waals surface area contributed by atoms with Gasteiger partial charge < -0.3 is 18.4 Å². The summed E-state index contributed by atoms with van der Waals surface area (Å²) in [6.45, 7) is 10.0. The van der Waals surface area contributed by atoms with E-state index in [4.69, 9.17) is 14.0 Å². The number of alkyl halides is 12. The number of benzene rings is 4. The molecule has 0 aliphatic heterocycles. The third kappa shape index (κ3) is 19.2. The van der Waals surface area contributed by atoms with E-state index in [1.54, 1.807) is 0 Å². The minimum absolute atomic E-state index is 0.00984. The van der Waals surface area contributed by atoms with E-state index in [1.807, 2.05) is 20.8 Å². The predicted molar refractivity (Wildman–Crippen MR) is 237 cm³/mol. The number of rotatable bonds is 25. The Balaban J connectivity index is 0.00000105. The summed E-state index contributed by atoms with van der Waals surface area (Å²) >= 11 is 0. The van der Waals surface area contributed by atoms with Crippen molar-refractivity contribution in [3.63, 3.8) is 0 Å². The van der Waals surface area contributed by atoms with Gasteiger partial charge >= 0.3 is 32.0 Å². The fraction of sp³-hybridized carbons (Fsp3) is 0.520. The summed E-state index contributed by atoms with van der Waals surface area (Å²) in [7, 11) is -1.82. The van der Waals surface area contributed by atoms with Crippen LogP contribution < -0.4 is 14.0 Å². The van der Waals surface area contributed by atoms with E-state index in [1.165, 1.54) is 69.6 Å². The van der Waals surface area contributed by atoms with Crippen LogP contribution in [0.15, 0.2) is 91.0 Å². The monoisotopic (exact) mass is 963 g/mol. The summed E-state index contributed by atoms with van der Waals surface area (Å²) in [4.78, 5) is 0. The van der Waals surface area contributed by atoms with E-state index in [9.17, 15) is 52.7 Å². The van der Waals surface area contributed by atoms with Crippen molar-refractivity contribution >= 4 is 7.32 Å². The lowest BCUT2D eigenvalue weighted by Crippen LogP contribution is -2.50. The van der Waals surface area contributed by atoms with Gasteiger partial charge in [0.25, 0.3) is 0 Å². The molecule has 0 aliphatic carbocycles. The molecule has 17 heteroatoms. The Morgan fingerprint density at radius 1 is 0.448 bits per heavy atom. The van der Waals surface area contributed by atoms with Gasteiger partial charge in [-0.1, -0.05) is 89.5 Å². The van der Waals surface area contributed by atoms with Gasteiger partial charge in [0.05, 0.1) is 41.9 Å². The molecule has 0 aromatic heterocycles. The van der Waals surface area contributed by atoms with Crippen LogP contribution in [0.2, 0.25) is 0 Å². The van der Waals surface area contributed by atoms with Crippen LogP contribution >= 0.6 is 0 Å². The second-order valence-corrected chi connectivity index (χ2v) is 16.4. The van der Waals surface area contributed by atoms with Crippen LogP contribution in [0, 0.1) is 6.07 Å². The lowest BCUT2D eigenvalue weighted by atomic mass is 9.92. The predicted octanol–water partition coefficient (Wildman–Crippen LogP) is 17.2. The van der Waals surface area contributed by atoms with Crippen LogP contribution in [-0.4, -0.2) is 31.4 Å². The molecule has 0 radical (unpaired) electrons. The van der Waals surface area contributed by atoms with Crippen molar-refractivity contribution in [2.75, 3.05) is 19.6 Å². The first-order valence-corrected chi connectivity index (χ1v) is 23.0. The Morgan fingerprint density at radius 2 is 0.806 bits per heavy atom. The number of hydrogen-bond acceptors (Lipinski definition) is 3. The molecule has 0 saturated carbocycles. The van der Waals surface area contributed by atoms with E-state index in [-0.39, 0.29) is 22.8 Å². The number of unbranched alkanes of at least 4 members (excludes halogenated alkanes) is 12. The van der Waals surface area contributed by atoms with Crippen LogP contribution in [0.4, 0.5) is 52.7 Å². The molecule has 0 saturated heterocycles. The van der Waals surface area contributed by atoms with Gasteiger partial charge in [-0.05, 0) is 93.9 Å². The summed E-state index contributed by atoms with van der Waals surface area (Å²) in [5.74, 6) is -0.292. The first-order chi connectivity index (χ1) is 31.6. The van der Waals surface area contributed by atoms with E-state index >= 15 is 0 Å². The number of quaternary nitrogens is 1. The highest BCUT2D eigenvalue weighted by Crippen LogP contribution is 2.42. The second-order valence-electron chi connectivity index (χ2n) is 16.4. The number of hydrogen-bond donors (Lipinski definition) is 0. The summed E-state index contributed by atoms with van der Waals surface area (Å²) in [6, 6.07) is 16.8. The molecule has 1 atom stereocenters. The fourth-order valence-corrected chi connectivity index (χ4v) is 7.92. The highest BCUT2D eigenvalue weighted by Gasteiger charge is 2.41. The molecule has 0 N–H and O–H groups in total. The van der Waals surface area contributed by atoms with Gasteiger partial charge in [-0.15, -0.1) is 0 Å². The van der Waals surface area contributed by atoms with Crippen molar-refractivity contribution in [2.45, 2.75) is 148 Å². The first-order valence-electron chi connectivity index (χ1n) is 23.0. The Hall–Kier alpha value is -4.54. The van der Waals surface area contributed by atoms with Crippen molar-refractivity contribution in [1.29, 1.82) is 0 Å². The molecule has 0 aliphatic rings. The molecule has 4 nitrogen and oxygen atoms in total. The van der Waals surface area contributed by atoms with Gasteiger partial charge in [-0.2, -0.15) is 83.0 Å². The highest BCUT2D eigenvalue weighted by molar-refractivity contribution is 6.39. The summed E-state index contributed by atoms with van der Waals surface area (Å²) in [5, 5.41) is 0. The average molecular weight is 964 g/mol. The Labute approximate surface area is 387 Å². The standard InChI is InChI=1S/C43H58BF9NO3.C7H4F3/c1-5-9-10-11-12-13-14-15-16-17-18-19-20-21-39(54(6-2,7-3)8-4)38-32-35(43(51,52)53)26-31-40(38)57-44(55-36-27-22-33(23-28-36)41(45,46)47)56-37-29-24-34(25-30-37)42(48,49)50;8-7(9,10)6-4-2-1-3-5-6/h22-32,39H,5-21H2,1-4H3;2-5H/q+1;-1. The molecule has 4 aromatic rings. The quantitative estimate of drug-likeness (QED) is 0.0218. The number of halogens is 12. The Bertz CT molecular complexity index is 1900. The molecular weight excluding hydrogens is 901 g/mol. The molecule has 0 heterocycles. The van der Waals surface area contributed by atoms with Gasteiger partial charge in [0.15, 0.2) is 0 Å². The Kier molecular flexibility index (Phi) is 22.8. The highest BCUT2D eigenvalue weighted by atomic mass is 19.4. The minimum Gasteiger partial charge on any atom is -0.490 e. The largest absolute Gasteiger partial charge is 0.864 e. The molecule has 0 bridgehead atoms. The molecular formula is C50H62BF12NO3. The number of nitrogens with zero attached hydrogens (tertiary/aromatic N) is 1. The molecule has 0 spiro atoms. The van der Waals surface area contributed by atoms with Gasteiger partial charge in [-0.25, -0.2) is 0 Å². The van der Waals surface area contributed by atoms with Crippen molar-refractivity contribution in [3.05, 3.63) is 125 Å². The van der Waals surface area contributed by atoms with E-state index in [0.717, 1.165) is 105 Å². The smallest absolute Gasteiger partial charge is 0.490 e. The van der Waals surface area contributed by atoms with Crippen molar-refractivity contribution in [2.24, 2.45) is 0 Å². The summed E-state index contributed by atoms with van der Waals surface area (Å²) < 4.78 is 176. The van der Waals surface area contributed by atoms with Crippen LogP contribution in [0.5, 0.6) is 17.2 Å². The molecule has 67 heavy (non-hydrogen) atoms. The molecule has 0 fully saturated rings. The normalized spacial score (nSPS) is 12.8. The van der Waals surface area contributed by atoms with Crippen molar-refractivity contribution < 1.29 is 71.1 Å². The summed E-state index contributed by atoms with van der Waals surface area (Å²) in [5.41, 5.74) is -3.17. The third-order valence-electron chi connectivity index (χ3n) is 11.9. The van der Waals surface area contributed by atoms with Crippen LogP contribution in [0.3, 0.4) is 0 Å².